The van der Waals surface area contributed by atoms with Crippen molar-refractivity contribution in [1.82, 2.24) is 15.1 Å². The fourth-order valence-corrected chi connectivity index (χ4v) is 2.13. The lowest BCUT2D eigenvalue weighted by Crippen LogP contribution is -2.05. The van der Waals surface area contributed by atoms with Crippen LogP contribution in [0.2, 0.25) is 0 Å². The highest BCUT2D eigenvalue weighted by atomic mass is 19.1. The van der Waals surface area contributed by atoms with Crippen molar-refractivity contribution in [3.05, 3.63) is 53.9 Å². The highest BCUT2D eigenvalue weighted by Gasteiger charge is 2.13. The molecule has 0 unspecified atom stereocenters. The van der Waals surface area contributed by atoms with E-state index in [1.54, 1.807) is 31.5 Å². The van der Waals surface area contributed by atoms with Gasteiger partial charge in [0.15, 0.2) is 11.6 Å². The van der Waals surface area contributed by atoms with Crippen molar-refractivity contribution >= 4 is 5.69 Å². The molecule has 0 saturated carbocycles. The molecule has 130 valence electrons. The molecule has 2 N–H and O–H groups in total. The van der Waals surface area contributed by atoms with Crippen molar-refractivity contribution in [2.45, 2.75) is 6.42 Å². The zero-order chi connectivity index (χ0) is 17.6. The van der Waals surface area contributed by atoms with Gasteiger partial charge in [0, 0.05) is 18.4 Å². The zero-order valence-electron chi connectivity index (χ0n) is 13.6. The molecule has 8 heteroatoms. The first-order valence-corrected chi connectivity index (χ1v) is 7.60. The predicted molar refractivity (Wildman–Crippen MR) is 88.5 cm³/mol. The third kappa shape index (κ3) is 4.30. The molecule has 2 aromatic heterocycles. The van der Waals surface area contributed by atoms with Gasteiger partial charge in [-0.25, -0.2) is 4.39 Å². The summed E-state index contributed by atoms with van der Waals surface area (Å²) >= 11 is 0. The van der Waals surface area contributed by atoms with Crippen molar-refractivity contribution in [3.63, 3.8) is 0 Å². The fraction of sp³-hybridized carbons (Fsp3) is 0.235. The molecule has 25 heavy (non-hydrogen) atoms. The van der Waals surface area contributed by atoms with Crippen LogP contribution >= 0.6 is 0 Å². The molecule has 0 radical (unpaired) electrons. The van der Waals surface area contributed by atoms with Gasteiger partial charge < -0.3 is 19.7 Å². The van der Waals surface area contributed by atoms with E-state index in [1.165, 1.54) is 12.1 Å². The molecule has 0 saturated heterocycles. The molecule has 0 bridgehead atoms. The Morgan fingerprint density at radius 3 is 2.80 bits per heavy atom. The molecular weight excluding hydrogens is 327 g/mol. The molecule has 0 fully saturated rings. The van der Waals surface area contributed by atoms with Gasteiger partial charge in [0.1, 0.15) is 6.61 Å². The maximum absolute atomic E-state index is 14.1. The average Bonchev–Trinajstić information content (AvgIpc) is 3.07. The fourth-order valence-electron chi connectivity index (χ4n) is 2.13. The number of nitrogens with zero attached hydrogens (tertiary/aromatic N) is 3. The van der Waals surface area contributed by atoms with Crippen LogP contribution in [-0.4, -0.2) is 35.4 Å². The van der Waals surface area contributed by atoms with Gasteiger partial charge in [0.05, 0.1) is 24.9 Å². The zero-order valence-corrected chi connectivity index (χ0v) is 13.6. The quantitative estimate of drug-likeness (QED) is 0.658. The molecule has 7 nitrogen and oxygen atoms in total. The van der Waals surface area contributed by atoms with Crippen molar-refractivity contribution < 1.29 is 18.4 Å². The van der Waals surface area contributed by atoms with Crippen LogP contribution in [0.3, 0.4) is 0 Å². The van der Waals surface area contributed by atoms with Crippen molar-refractivity contribution in [2.24, 2.45) is 0 Å². The second-order valence-electron chi connectivity index (χ2n) is 5.26. The lowest BCUT2D eigenvalue weighted by atomic mass is 10.2. The smallest absolute Gasteiger partial charge is 0.232 e. The van der Waals surface area contributed by atoms with Crippen LogP contribution < -0.4 is 10.5 Å². The summed E-state index contributed by atoms with van der Waals surface area (Å²) in [6, 6.07) is 8.03. The number of anilines is 1. The minimum atomic E-state index is -0.500. The molecule has 0 spiro atoms. The molecule has 1 aromatic carbocycles. The first-order valence-electron chi connectivity index (χ1n) is 7.60. The minimum absolute atomic E-state index is 0.149. The van der Waals surface area contributed by atoms with E-state index in [1.807, 2.05) is 0 Å². The highest BCUT2D eigenvalue weighted by molar-refractivity contribution is 5.56. The van der Waals surface area contributed by atoms with E-state index in [-0.39, 0.29) is 12.4 Å². The van der Waals surface area contributed by atoms with Crippen LogP contribution in [0.15, 0.2) is 41.1 Å². The summed E-state index contributed by atoms with van der Waals surface area (Å²) in [5.74, 6) is 0.330. The number of methoxy groups -OCH3 is 1. The third-order valence-corrected chi connectivity index (χ3v) is 3.38. The molecule has 0 aliphatic heterocycles. The second-order valence-corrected chi connectivity index (χ2v) is 5.26. The molecule has 0 aliphatic rings. The number of aromatic nitrogens is 3. The van der Waals surface area contributed by atoms with Crippen molar-refractivity contribution in [2.75, 3.05) is 26.1 Å². The van der Waals surface area contributed by atoms with E-state index < -0.39 is 5.82 Å². The van der Waals surface area contributed by atoms with E-state index >= 15 is 0 Å². The number of nitrogens with two attached hydrogens (primary N) is 1. The maximum atomic E-state index is 14.1. The number of pyridine rings is 1. The standard InChI is InChI=1S/C17H17FN4O3/c1-23-6-7-24-15-5-2-11(8-14(15)18)17-21-16(25-22-17)9-13-4-3-12(19)10-20-13/h2-5,8,10H,6-7,9,19H2,1H3. The number of ether oxygens (including phenoxy) is 2. The summed E-state index contributed by atoms with van der Waals surface area (Å²) in [6.45, 7) is 0.655. The summed E-state index contributed by atoms with van der Waals surface area (Å²) in [6.07, 6.45) is 1.93. The number of hydrogen-bond acceptors (Lipinski definition) is 7. The van der Waals surface area contributed by atoms with Crippen LogP contribution in [0, 0.1) is 5.82 Å². The minimum Gasteiger partial charge on any atom is -0.488 e. The van der Waals surface area contributed by atoms with Crippen LogP contribution in [0.25, 0.3) is 11.4 Å². The number of benzene rings is 1. The lowest BCUT2D eigenvalue weighted by Gasteiger charge is -2.06. The summed E-state index contributed by atoms with van der Waals surface area (Å²) in [7, 11) is 1.55. The van der Waals surface area contributed by atoms with E-state index in [0.717, 1.165) is 5.69 Å². The molecule has 2 heterocycles. The number of nitrogen functional groups attached to an aromatic ring is 1. The summed E-state index contributed by atoms with van der Waals surface area (Å²) in [5.41, 5.74) is 7.42. The predicted octanol–water partition coefficient (Wildman–Crippen LogP) is 2.47. The van der Waals surface area contributed by atoms with Gasteiger partial charge in [-0.05, 0) is 30.3 Å². The Kier molecular flexibility index (Phi) is 5.20. The summed E-state index contributed by atoms with van der Waals surface area (Å²) in [4.78, 5) is 8.45. The van der Waals surface area contributed by atoms with Crippen molar-refractivity contribution in [1.29, 1.82) is 0 Å². The van der Waals surface area contributed by atoms with Crippen LogP contribution in [-0.2, 0) is 11.2 Å². The Morgan fingerprint density at radius 2 is 2.08 bits per heavy atom. The van der Waals surface area contributed by atoms with E-state index in [0.29, 0.717) is 36.0 Å². The summed E-state index contributed by atoms with van der Waals surface area (Å²) < 4.78 is 29.4. The molecule has 0 atom stereocenters. The Morgan fingerprint density at radius 1 is 1.20 bits per heavy atom. The second kappa shape index (κ2) is 7.71. The molecular formula is C17H17FN4O3. The Labute approximate surface area is 143 Å². The largest absolute Gasteiger partial charge is 0.488 e. The van der Waals surface area contributed by atoms with Gasteiger partial charge >= 0.3 is 0 Å². The molecule has 3 aromatic rings. The third-order valence-electron chi connectivity index (χ3n) is 3.38. The molecule has 0 aliphatic carbocycles. The van der Waals surface area contributed by atoms with Crippen molar-refractivity contribution in [3.8, 4) is 17.1 Å². The van der Waals surface area contributed by atoms with Gasteiger partial charge in [-0.15, -0.1) is 0 Å². The normalized spacial score (nSPS) is 10.8. The van der Waals surface area contributed by atoms with E-state index in [4.69, 9.17) is 19.7 Å². The Bertz CT molecular complexity index is 836. The van der Waals surface area contributed by atoms with Gasteiger partial charge in [0.2, 0.25) is 11.7 Å². The Hall–Kier alpha value is -3.00. The van der Waals surface area contributed by atoms with E-state index in [2.05, 4.69) is 15.1 Å². The highest BCUT2D eigenvalue weighted by Crippen LogP contribution is 2.24. The Balaban J connectivity index is 1.71. The first kappa shape index (κ1) is 16.8. The van der Waals surface area contributed by atoms with Gasteiger partial charge in [-0.3, -0.25) is 4.98 Å². The van der Waals surface area contributed by atoms with E-state index in [9.17, 15) is 4.39 Å². The molecule has 3 rings (SSSR count). The SMILES string of the molecule is COCCOc1ccc(-c2noc(Cc3ccc(N)cn3)n2)cc1F. The van der Waals surface area contributed by atoms with Gasteiger partial charge in [-0.2, -0.15) is 4.98 Å². The number of halogens is 1. The first-order chi connectivity index (χ1) is 12.2. The van der Waals surface area contributed by atoms with Gasteiger partial charge in [-0.1, -0.05) is 5.16 Å². The van der Waals surface area contributed by atoms with Crippen LogP contribution in [0.5, 0.6) is 5.75 Å². The number of hydrogen-bond donors (Lipinski definition) is 1. The van der Waals surface area contributed by atoms with Crippen LogP contribution in [0.1, 0.15) is 11.6 Å². The monoisotopic (exact) mass is 344 g/mol. The average molecular weight is 344 g/mol. The van der Waals surface area contributed by atoms with Gasteiger partial charge in [0.25, 0.3) is 0 Å². The summed E-state index contributed by atoms with van der Waals surface area (Å²) in [5, 5.41) is 3.88. The molecule has 0 amide bonds. The number of rotatable bonds is 7. The maximum Gasteiger partial charge on any atom is 0.232 e. The lowest BCUT2D eigenvalue weighted by molar-refractivity contribution is 0.144. The van der Waals surface area contributed by atoms with Crippen LogP contribution in [0.4, 0.5) is 10.1 Å². The topological polar surface area (TPSA) is 96.3 Å².